The second-order valence-corrected chi connectivity index (χ2v) is 7.15. The summed E-state index contributed by atoms with van der Waals surface area (Å²) in [5, 5.41) is 82.5. The fourth-order valence-corrected chi connectivity index (χ4v) is 2.38. The molecule has 202 valence electrons. The Balaban J connectivity index is 3.58. The molecule has 0 fully saturated rings. The monoisotopic (exact) mass is 520 g/mol. The van der Waals surface area contributed by atoms with Crippen molar-refractivity contribution in [1.29, 1.82) is 0 Å². The number of carbonyl (C=O) groups is 4. The number of aliphatic hydroxyl groups excluding tert-OH is 6. The maximum Gasteiger partial charge on any atom is 0.328 e. The van der Waals surface area contributed by atoms with E-state index in [1.807, 2.05) is 10.6 Å². The van der Waals surface area contributed by atoms with Crippen LogP contribution in [0.15, 0.2) is 0 Å². The van der Waals surface area contributed by atoms with Crippen molar-refractivity contribution in [2.75, 3.05) is 50.2 Å². The van der Waals surface area contributed by atoms with E-state index in [1.165, 1.54) is 0 Å². The Morgan fingerprint density at radius 3 is 1.22 bits per heavy atom. The third-order valence-electron chi connectivity index (χ3n) is 4.33. The zero-order valence-corrected chi connectivity index (χ0v) is 18.7. The van der Waals surface area contributed by atoms with Crippen molar-refractivity contribution < 1.29 is 60.0 Å². The number of anilines is 2. The van der Waals surface area contributed by atoms with Crippen molar-refractivity contribution in [2.24, 2.45) is 0 Å². The average Bonchev–Trinajstić information content (AvgIpc) is 2.86. The lowest BCUT2D eigenvalue weighted by Gasteiger charge is -2.19. The second kappa shape index (κ2) is 14.7. The highest BCUT2D eigenvalue weighted by atomic mass is 16.4. The number of carboxylic acids is 2. The normalized spacial score (nSPS) is 14.2. The number of aromatic nitrogens is 2. The van der Waals surface area contributed by atoms with Gasteiger partial charge in [0, 0.05) is 13.1 Å². The molecule has 4 atom stereocenters. The smallest absolute Gasteiger partial charge is 0.328 e. The van der Waals surface area contributed by atoms with Gasteiger partial charge in [-0.2, -0.15) is 0 Å². The van der Waals surface area contributed by atoms with E-state index in [9.17, 15) is 39.6 Å². The summed E-state index contributed by atoms with van der Waals surface area (Å²) in [5.41, 5.74) is -1.32. The van der Waals surface area contributed by atoms with E-state index >= 15 is 0 Å². The summed E-state index contributed by atoms with van der Waals surface area (Å²) in [7, 11) is 0. The SMILES string of the molecule is O=C(N[C@H](CO)C(=O)O)c1nc(NC[C@H](O)CO)c(C(=O)N[C@H](CO)C(=O)O)nc1NC[C@H](O)CO. The van der Waals surface area contributed by atoms with Crippen molar-refractivity contribution in [3.63, 3.8) is 0 Å². The third-order valence-corrected chi connectivity index (χ3v) is 4.33. The predicted octanol–water partition coefficient (Wildman–Crippen LogP) is -5.64. The van der Waals surface area contributed by atoms with Gasteiger partial charge >= 0.3 is 11.9 Å². The Labute approximate surface area is 202 Å². The molecule has 1 rings (SSSR count). The Kier molecular flexibility index (Phi) is 12.4. The van der Waals surface area contributed by atoms with Gasteiger partial charge in [0.15, 0.2) is 35.1 Å². The number of rotatable bonds is 16. The van der Waals surface area contributed by atoms with Gasteiger partial charge in [0.2, 0.25) is 0 Å². The van der Waals surface area contributed by atoms with Gasteiger partial charge in [-0.25, -0.2) is 19.6 Å². The highest BCUT2D eigenvalue weighted by Gasteiger charge is 2.29. The fraction of sp³-hybridized carbons (Fsp3) is 0.556. The molecule has 0 bridgehead atoms. The van der Waals surface area contributed by atoms with Crippen LogP contribution < -0.4 is 21.3 Å². The first kappa shape index (κ1) is 30.4. The highest BCUT2D eigenvalue weighted by Crippen LogP contribution is 2.19. The molecular weight excluding hydrogens is 492 g/mol. The van der Waals surface area contributed by atoms with Crippen LogP contribution in [0, 0.1) is 0 Å². The van der Waals surface area contributed by atoms with E-state index in [2.05, 4.69) is 20.6 Å². The molecule has 36 heavy (non-hydrogen) atoms. The van der Waals surface area contributed by atoms with Crippen LogP contribution in [0.3, 0.4) is 0 Å². The maximum absolute atomic E-state index is 12.7. The minimum Gasteiger partial charge on any atom is -0.480 e. The molecule has 18 nitrogen and oxygen atoms in total. The molecule has 0 aliphatic heterocycles. The van der Waals surface area contributed by atoms with Gasteiger partial charge in [0.1, 0.15) is 0 Å². The summed E-state index contributed by atoms with van der Waals surface area (Å²) in [6.45, 7) is -4.27. The van der Waals surface area contributed by atoms with Crippen molar-refractivity contribution in [2.45, 2.75) is 24.3 Å². The first-order valence-corrected chi connectivity index (χ1v) is 10.3. The number of carboxylic acid groups (broad SMARTS) is 2. The maximum atomic E-state index is 12.7. The molecule has 1 heterocycles. The lowest BCUT2D eigenvalue weighted by Crippen LogP contribution is -2.45. The second-order valence-electron chi connectivity index (χ2n) is 7.15. The fourth-order valence-electron chi connectivity index (χ4n) is 2.38. The lowest BCUT2D eigenvalue weighted by molar-refractivity contribution is -0.141. The minimum atomic E-state index is -1.76. The minimum absolute atomic E-state index is 0.431. The van der Waals surface area contributed by atoms with Gasteiger partial charge in [-0.15, -0.1) is 0 Å². The molecule has 1 aromatic rings. The highest BCUT2D eigenvalue weighted by molar-refractivity contribution is 6.03. The summed E-state index contributed by atoms with van der Waals surface area (Å²) < 4.78 is 0. The molecule has 0 aliphatic carbocycles. The quantitative estimate of drug-likeness (QED) is 0.0966. The molecule has 0 aliphatic rings. The molecule has 12 N–H and O–H groups in total. The Morgan fingerprint density at radius 1 is 0.639 bits per heavy atom. The van der Waals surface area contributed by atoms with Crippen molar-refractivity contribution in [3.8, 4) is 0 Å². The zero-order chi connectivity index (χ0) is 27.4. The van der Waals surface area contributed by atoms with E-state index in [4.69, 9.17) is 20.4 Å². The topological polar surface area (TPSA) is 304 Å². The molecule has 0 radical (unpaired) electrons. The number of amides is 2. The summed E-state index contributed by atoms with van der Waals surface area (Å²) in [5.74, 6) is -6.63. The van der Waals surface area contributed by atoms with Crippen LogP contribution in [0.2, 0.25) is 0 Å². The van der Waals surface area contributed by atoms with E-state index in [-0.39, 0.29) is 0 Å². The van der Waals surface area contributed by atoms with Crippen molar-refractivity contribution in [1.82, 2.24) is 20.6 Å². The van der Waals surface area contributed by atoms with Crippen LogP contribution in [-0.4, -0.2) is 138 Å². The molecular formula is C18H28N6O12. The van der Waals surface area contributed by atoms with Crippen LogP contribution in [0.25, 0.3) is 0 Å². The third kappa shape index (κ3) is 8.83. The molecule has 18 heteroatoms. The van der Waals surface area contributed by atoms with Crippen molar-refractivity contribution in [3.05, 3.63) is 11.4 Å². The standard InChI is InChI=1S/C18H28N6O12/c25-3-7(29)1-19-13-11(15(31)21-9(5-27)17(33)34)24-14(20-2-8(30)4-26)12(23-13)16(32)22-10(6-28)18(35)36/h7-10,25-30H,1-6H2,(H,19,23)(H,20,24)(H,21,31)(H,22,32)(H,33,34)(H,35,36)/t7-,8-,9+,10+/m0/s1. The number of nitrogens with zero attached hydrogens (tertiary/aromatic N) is 2. The van der Waals surface area contributed by atoms with Crippen LogP contribution in [0.4, 0.5) is 11.6 Å². The van der Waals surface area contributed by atoms with E-state index in [0.29, 0.717) is 0 Å². The van der Waals surface area contributed by atoms with Crippen molar-refractivity contribution >= 4 is 35.4 Å². The van der Waals surface area contributed by atoms with Crippen LogP contribution in [0.5, 0.6) is 0 Å². The van der Waals surface area contributed by atoms with Gasteiger partial charge < -0.3 is 62.1 Å². The average molecular weight is 520 g/mol. The van der Waals surface area contributed by atoms with Gasteiger partial charge in [-0.1, -0.05) is 0 Å². The predicted molar refractivity (Wildman–Crippen MR) is 117 cm³/mol. The summed E-state index contributed by atoms with van der Waals surface area (Å²) in [6.07, 6.45) is -2.74. The molecule has 0 saturated carbocycles. The summed E-state index contributed by atoms with van der Waals surface area (Å²) in [4.78, 5) is 55.6. The summed E-state index contributed by atoms with van der Waals surface area (Å²) in [6, 6.07) is -3.52. The number of nitrogens with one attached hydrogen (secondary N) is 4. The van der Waals surface area contributed by atoms with Crippen LogP contribution in [-0.2, 0) is 9.59 Å². The molecule has 0 saturated heterocycles. The number of aliphatic carboxylic acids is 2. The van der Waals surface area contributed by atoms with E-state index in [1.54, 1.807) is 0 Å². The first-order valence-electron chi connectivity index (χ1n) is 10.3. The number of hydrogen-bond donors (Lipinski definition) is 12. The Bertz CT molecular complexity index is 858. The lowest BCUT2D eigenvalue weighted by atomic mass is 10.2. The van der Waals surface area contributed by atoms with E-state index < -0.39 is 111 Å². The van der Waals surface area contributed by atoms with Gasteiger partial charge in [0.05, 0.1) is 38.6 Å². The number of carbonyl (C=O) groups excluding carboxylic acids is 2. The molecule has 0 spiro atoms. The molecule has 0 unspecified atom stereocenters. The van der Waals surface area contributed by atoms with E-state index in [0.717, 1.165) is 0 Å². The van der Waals surface area contributed by atoms with Crippen LogP contribution in [0.1, 0.15) is 21.0 Å². The zero-order valence-electron chi connectivity index (χ0n) is 18.7. The molecule has 0 aromatic carbocycles. The molecule has 1 aromatic heterocycles. The van der Waals surface area contributed by atoms with Gasteiger partial charge in [-0.05, 0) is 0 Å². The van der Waals surface area contributed by atoms with Gasteiger partial charge in [0.25, 0.3) is 11.8 Å². The first-order chi connectivity index (χ1) is 17.0. The van der Waals surface area contributed by atoms with Crippen LogP contribution >= 0.6 is 0 Å². The number of aliphatic hydroxyl groups is 6. The van der Waals surface area contributed by atoms with Gasteiger partial charge in [-0.3, -0.25) is 9.59 Å². The molecule has 2 amide bonds. The number of hydrogen-bond acceptors (Lipinski definition) is 14. The Hall–Kier alpha value is -3.68. The Morgan fingerprint density at radius 2 is 0.972 bits per heavy atom. The summed E-state index contributed by atoms with van der Waals surface area (Å²) >= 11 is 0. The largest absolute Gasteiger partial charge is 0.480 e.